The smallest absolute Gasteiger partial charge is 0.422 e. The average molecular weight is 401 g/mol. The van der Waals surface area contributed by atoms with Crippen LogP contribution >= 0.6 is 0 Å². The minimum Gasteiger partial charge on any atom is -0.480 e. The number of benzene rings is 1. The van der Waals surface area contributed by atoms with Crippen molar-refractivity contribution in [3.63, 3.8) is 0 Å². The zero-order valence-corrected chi connectivity index (χ0v) is 13.6. The van der Waals surface area contributed by atoms with Crippen LogP contribution in [-0.4, -0.2) is 42.5 Å². The van der Waals surface area contributed by atoms with Crippen LogP contribution in [0, 0.1) is 6.92 Å². The molecule has 0 atom stereocenters. The summed E-state index contributed by atoms with van der Waals surface area (Å²) < 4.78 is 80.5. The maximum atomic E-state index is 12.1. The lowest BCUT2D eigenvalue weighted by Gasteiger charge is -2.14. The molecule has 12 heteroatoms. The van der Waals surface area contributed by atoms with Crippen LogP contribution in [0.5, 0.6) is 0 Å². The fourth-order valence-corrected chi connectivity index (χ4v) is 1.55. The molecule has 0 fully saturated rings. The van der Waals surface area contributed by atoms with E-state index in [-0.39, 0.29) is 5.69 Å². The van der Waals surface area contributed by atoms with Crippen LogP contribution in [-0.2, 0) is 19.1 Å². The molecule has 0 saturated heterocycles. The Morgan fingerprint density at radius 2 is 1.44 bits per heavy atom. The highest BCUT2D eigenvalue weighted by molar-refractivity contribution is 6.21. The Balaban J connectivity index is 3.05. The Hall–Kier alpha value is -2.92. The maximum Gasteiger partial charge on any atom is 0.422 e. The number of aliphatic hydroxyl groups is 1. The van der Waals surface area contributed by atoms with Gasteiger partial charge in [0.2, 0.25) is 5.57 Å². The van der Waals surface area contributed by atoms with Gasteiger partial charge < -0.3 is 19.9 Å². The first-order chi connectivity index (χ1) is 12.3. The molecule has 0 radical (unpaired) electrons. The molecule has 0 aliphatic rings. The molecule has 0 bridgehead atoms. The van der Waals surface area contributed by atoms with Crippen molar-refractivity contribution in [3.05, 3.63) is 41.3 Å². The monoisotopic (exact) mass is 401 g/mol. The van der Waals surface area contributed by atoms with Crippen LogP contribution in [0.2, 0.25) is 0 Å². The minimum absolute atomic E-state index is 0.0512. The molecule has 0 aliphatic carbocycles. The third-order valence-electron chi connectivity index (χ3n) is 2.69. The lowest BCUT2D eigenvalue weighted by atomic mass is 10.2. The number of anilines is 1. The molecule has 0 spiro atoms. The Bertz CT molecular complexity index is 709. The highest BCUT2D eigenvalue weighted by atomic mass is 19.4. The van der Waals surface area contributed by atoms with E-state index in [1.807, 2.05) is 5.32 Å². The van der Waals surface area contributed by atoms with Crippen LogP contribution < -0.4 is 5.32 Å². The molecule has 150 valence electrons. The van der Waals surface area contributed by atoms with Crippen LogP contribution in [0.3, 0.4) is 0 Å². The second-order valence-electron chi connectivity index (χ2n) is 5.10. The average Bonchev–Trinajstić information content (AvgIpc) is 2.52. The standard InChI is InChI=1S/C15H13F6NO5/c1-8-2-4-9(5-3-8)22-11(23)10(12(24)26-6-14(16,17)18)13(25)27-7-15(19,20)21/h2-5,24H,6-7H2,1H3,(H,22,23)/b12-10-. The Kier molecular flexibility index (Phi) is 7.08. The highest BCUT2D eigenvalue weighted by Gasteiger charge is 2.35. The third kappa shape index (κ3) is 8.33. The first-order valence-corrected chi connectivity index (χ1v) is 7.03. The van der Waals surface area contributed by atoms with Gasteiger partial charge in [0.15, 0.2) is 13.2 Å². The first kappa shape index (κ1) is 22.1. The summed E-state index contributed by atoms with van der Waals surface area (Å²) in [6.45, 7) is -2.51. The van der Waals surface area contributed by atoms with Crippen LogP contribution in [0.1, 0.15) is 5.56 Å². The van der Waals surface area contributed by atoms with Crippen molar-refractivity contribution < 1.29 is 50.5 Å². The molecule has 1 aromatic carbocycles. The van der Waals surface area contributed by atoms with Crippen molar-refractivity contribution in [1.29, 1.82) is 0 Å². The first-order valence-electron chi connectivity index (χ1n) is 7.03. The molecule has 1 rings (SSSR count). The lowest BCUT2D eigenvalue weighted by molar-refractivity contribution is -0.185. The number of carbonyl (C=O) groups excluding carboxylic acids is 2. The number of hydrogen-bond acceptors (Lipinski definition) is 5. The number of esters is 1. The van der Waals surface area contributed by atoms with Crippen molar-refractivity contribution in [2.24, 2.45) is 0 Å². The molecule has 27 heavy (non-hydrogen) atoms. The van der Waals surface area contributed by atoms with E-state index >= 15 is 0 Å². The van der Waals surface area contributed by atoms with Gasteiger partial charge in [0.25, 0.3) is 11.9 Å². The summed E-state index contributed by atoms with van der Waals surface area (Å²) >= 11 is 0. The summed E-state index contributed by atoms with van der Waals surface area (Å²) in [4.78, 5) is 23.7. The number of carbonyl (C=O) groups is 2. The van der Waals surface area contributed by atoms with Gasteiger partial charge in [-0.2, -0.15) is 26.3 Å². The number of rotatable bonds is 6. The summed E-state index contributed by atoms with van der Waals surface area (Å²) in [5.41, 5.74) is -0.718. The summed E-state index contributed by atoms with van der Waals surface area (Å²) in [5.74, 6) is -5.37. The van der Waals surface area contributed by atoms with Crippen molar-refractivity contribution in [1.82, 2.24) is 0 Å². The van der Waals surface area contributed by atoms with Crippen LogP contribution in [0.25, 0.3) is 0 Å². The van der Waals surface area contributed by atoms with Gasteiger partial charge in [-0.25, -0.2) is 4.79 Å². The molecule has 1 amide bonds. The Morgan fingerprint density at radius 3 is 1.93 bits per heavy atom. The zero-order chi connectivity index (χ0) is 20.8. The van der Waals surface area contributed by atoms with E-state index < -0.39 is 49.0 Å². The topological polar surface area (TPSA) is 84.9 Å². The van der Waals surface area contributed by atoms with E-state index in [9.17, 15) is 41.0 Å². The van der Waals surface area contributed by atoms with Gasteiger partial charge in [-0.15, -0.1) is 0 Å². The normalized spacial score (nSPS) is 12.9. The predicted octanol–water partition coefficient (Wildman–Crippen LogP) is 3.39. The highest BCUT2D eigenvalue weighted by Crippen LogP contribution is 2.20. The molecule has 1 aromatic rings. The molecule has 0 unspecified atom stereocenters. The van der Waals surface area contributed by atoms with Gasteiger partial charge in [-0.3, -0.25) is 4.79 Å². The Morgan fingerprint density at radius 1 is 0.963 bits per heavy atom. The summed E-state index contributed by atoms with van der Waals surface area (Å²) in [6.07, 6.45) is -9.90. The number of alkyl halides is 6. The zero-order valence-electron chi connectivity index (χ0n) is 13.6. The Labute approximate surface area is 148 Å². The van der Waals surface area contributed by atoms with E-state index in [2.05, 4.69) is 9.47 Å². The fourth-order valence-electron chi connectivity index (χ4n) is 1.55. The summed E-state index contributed by atoms with van der Waals surface area (Å²) in [7, 11) is 0. The molecule has 0 heterocycles. The second kappa shape index (κ2) is 8.64. The van der Waals surface area contributed by atoms with Gasteiger partial charge in [0.1, 0.15) is 0 Å². The van der Waals surface area contributed by atoms with Crippen LogP contribution in [0.4, 0.5) is 32.0 Å². The fraction of sp³-hybridized carbons (Fsp3) is 0.333. The second-order valence-corrected chi connectivity index (χ2v) is 5.10. The van der Waals surface area contributed by atoms with Crippen molar-refractivity contribution in [2.45, 2.75) is 19.3 Å². The van der Waals surface area contributed by atoms with E-state index in [1.54, 1.807) is 6.92 Å². The molecule has 2 N–H and O–H groups in total. The number of nitrogens with one attached hydrogen (secondary N) is 1. The lowest BCUT2D eigenvalue weighted by Crippen LogP contribution is -2.29. The number of amides is 1. The number of aryl methyl sites for hydroxylation is 1. The molecule has 0 aliphatic heterocycles. The van der Waals surface area contributed by atoms with Gasteiger partial charge >= 0.3 is 18.3 Å². The number of halogens is 6. The van der Waals surface area contributed by atoms with Gasteiger partial charge in [0.05, 0.1) is 0 Å². The third-order valence-corrected chi connectivity index (χ3v) is 2.69. The molecule has 6 nitrogen and oxygen atoms in total. The van der Waals surface area contributed by atoms with Crippen molar-refractivity contribution >= 4 is 17.6 Å². The molecule has 0 aromatic heterocycles. The maximum absolute atomic E-state index is 12.1. The largest absolute Gasteiger partial charge is 0.480 e. The number of hydrogen-bond donors (Lipinski definition) is 2. The number of aliphatic hydroxyl groups excluding tert-OH is 1. The van der Waals surface area contributed by atoms with E-state index in [4.69, 9.17) is 0 Å². The summed E-state index contributed by atoms with van der Waals surface area (Å²) in [6, 6.07) is 5.75. The van der Waals surface area contributed by atoms with E-state index in [0.717, 1.165) is 5.56 Å². The van der Waals surface area contributed by atoms with E-state index in [1.165, 1.54) is 24.3 Å². The quantitative estimate of drug-likeness (QED) is 0.191. The van der Waals surface area contributed by atoms with Gasteiger partial charge in [0, 0.05) is 5.69 Å². The van der Waals surface area contributed by atoms with Crippen molar-refractivity contribution in [3.8, 4) is 0 Å². The SMILES string of the molecule is Cc1ccc(NC(=O)/C(C(=O)OCC(F)(F)F)=C(\O)OCC(F)(F)F)cc1. The number of ether oxygens (including phenoxy) is 2. The van der Waals surface area contributed by atoms with Gasteiger partial charge in [-0.1, -0.05) is 17.7 Å². The van der Waals surface area contributed by atoms with E-state index in [0.29, 0.717) is 0 Å². The van der Waals surface area contributed by atoms with Crippen molar-refractivity contribution in [2.75, 3.05) is 18.5 Å². The minimum atomic E-state index is -4.96. The molecular weight excluding hydrogens is 388 g/mol. The molecule has 0 saturated carbocycles. The summed E-state index contributed by atoms with van der Waals surface area (Å²) in [5, 5.41) is 11.5. The van der Waals surface area contributed by atoms with Crippen LogP contribution in [0.15, 0.2) is 35.8 Å². The molecular formula is C15H13F6NO5. The van der Waals surface area contributed by atoms with Gasteiger partial charge in [-0.05, 0) is 19.1 Å². The predicted molar refractivity (Wildman–Crippen MR) is 78.5 cm³/mol.